The van der Waals surface area contributed by atoms with Crippen LogP contribution in [0.15, 0.2) is 72.9 Å². The third-order valence-electron chi connectivity index (χ3n) is 6.54. The molecule has 3 heterocycles. The summed E-state index contributed by atoms with van der Waals surface area (Å²) in [5.74, 6) is -2.29. The van der Waals surface area contributed by atoms with Gasteiger partial charge in [0.1, 0.15) is 6.04 Å². The third kappa shape index (κ3) is 3.69. The van der Waals surface area contributed by atoms with Crippen molar-refractivity contribution in [3.8, 4) is 0 Å². The predicted octanol–water partition coefficient (Wildman–Crippen LogP) is 4.96. The Hall–Kier alpha value is -4.53. The van der Waals surface area contributed by atoms with Crippen LogP contribution in [-0.2, 0) is 16.0 Å². The smallest absolute Gasteiger partial charge is 0.253 e. The van der Waals surface area contributed by atoms with E-state index in [4.69, 9.17) is 0 Å². The van der Waals surface area contributed by atoms with Crippen molar-refractivity contribution in [1.29, 1.82) is 0 Å². The molecule has 0 aliphatic carbocycles. The number of nitrogens with one attached hydrogen (secondary N) is 2. The quantitative estimate of drug-likeness (QED) is 0.357. The normalized spacial score (nSPS) is 15.1. The van der Waals surface area contributed by atoms with Crippen molar-refractivity contribution in [3.05, 3.63) is 90.1 Å². The van der Waals surface area contributed by atoms with E-state index in [1.165, 1.54) is 6.07 Å². The number of benzene rings is 3. The minimum atomic E-state index is -1.06. The SMILES string of the molecule is O=C(C[C@H]1C(=O)N(CCc2c[nH]c3ccccc23)c2nc3ccccc3n21)Nc1ccc(F)c(F)c1. The second-order valence-corrected chi connectivity index (χ2v) is 8.77. The highest BCUT2D eigenvalue weighted by Gasteiger charge is 2.40. The predicted molar refractivity (Wildman–Crippen MR) is 133 cm³/mol. The second kappa shape index (κ2) is 8.60. The lowest BCUT2D eigenvalue weighted by molar-refractivity contribution is -0.124. The van der Waals surface area contributed by atoms with Gasteiger partial charge in [0, 0.05) is 35.4 Å². The van der Waals surface area contributed by atoms with Crippen molar-refractivity contribution < 1.29 is 18.4 Å². The Bertz CT molecular complexity index is 1640. The lowest BCUT2D eigenvalue weighted by atomic mass is 10.1. The topological polar surface area (TPSA) is 83.0 Å². The van der Waals surface area contributed by atoms with Crippen molar-refractivity contribution in [1.82, 2.24) is 14.5 Å². The average molecular weight is 485 g/mol. The zero-order chi connectivity index (χ0) is 24.8. The molecule has 36 heavy (non-hydrogen) atoms. The van der Waals surface area contributed by atoms with Crippen LogP contribution >= 0.6 is 0 Å². The maximum atomic E-state index is 13.6. The number of amides is 2. The third-order valence-corrected chi connectivity index (χ3v) is 6.54. The van der Waals surface area contributed by atoms with E-state index in [-0.39, 0.29) is 18.0 Å². The lowest BCUT2D eigenvalue weighted by Gasteiger charge is -2.16. The molecule has 1 atom stereocenters. The number of nitrogens with zero attached hydrogens (tertiary/aromatic N) is 3. The van der Waals surface area contributed by atoms with Crippen LogP contribution in [-0.4, -0.2) is 32.9 Å². The largest absolute Gasteiger partial charge is 0.361 e. The van der Waals surface area contributed by atoms with Crippen LogP contribution in [0, 0.1) is 11.6 Å². The molecule has 2 N–H and O–H groups in total. The molecule has 1 aliphatic rings. The number of aromatic amines is 1. The summed E-state index contributed by atoms with van der Waals surface area (Å²) in [5.41, 5.74) is 3.71. The number of halogens is 2. The molecule has 1 aliphatic heterocycles. The van der Waals surface area contributed by atoms with Gasteiger partial charge in [0.25, 0.3) is 5.91 Å². The van der Waals surface area contributed by atoms with Gasteiger partial charge in [-0.15, -0.1) is 0 Å². The Kier molecular flexibility index (Phi) is 5.25. The number of fused-ring (bicyclic) bond motifs is 4. The van der Waals surface area contributed by atoms with Gasteiger partial charge in [-0.3, -0.25) is 19.1 Å². The first-order valence-electron chi connectivity index (χ1n) is 11.6. The minimum Gasteiger partial charge on any atom is -0.361 e. The Balaban J connectivity index is 1.28. The first kappa shape index (κ1) is 22.0. The Morgan fingerprint density at radius 2 is 1.83 bits per heavy atom. The molecule has 0 spiro atoms. The van der Waals surface area contributed by atoms with Crippen LogP contribution in [0.5, 0.6) is 0 Å². The van der Waals surface area contributed by atoms with E-state index in [1.807, 2.05) is 54.7 Å². The molecular formula is C27H21F2N5O2. The van der Waals surface area contributed by atoms with Crippen molar-refractivity contribution in [3.63, 3.8) is 0 Å². The first-order chi connectivity index (χ1) is 17.5. The van der Waals surface area contributed by atoms with E-state index in [1.54, 1.807) is 9.47 Å². The van der Waals surface area contributed by atoms with E-state index < -0.39 is 23.6 Å². The van der Waals surface area contributed by atoms with Crippen LogP contribution in [0.1, 0.15) is 18.0 Å². The highest BCUT2D eigenvalue weighted by molar-refractivity contribution is 6.05. The van der Waals surface area contributed by atoms with Gasteiger partial charge >= 0.3 is 0 Å². The molecule has 0 bridgehead atoms. The number of anilines is 2. The zero-order valence-electron chi connectivity index (χ0n) is 19.0. The van der Waals surface area contributed by atoms with Crippen LogP contribution in [0.25, 0.3) is 21.9 Å². The summed E-state index contributed by atoms with van der Waals surface area (Å²) in [4.78, 5) is 35.9. The number of rotatable bonds is 6. The van der Waals surface area contributed by atoms with Gasteiger partial charge in [0.2, 0.25) is 11.9 Å². The molecule has 7 nitrogen and oxygen atoms in total. The highest BCUT2D eigenvalue weighted by atomic mass is 19.2. The number of hydrogen-bond acceptors (Lipinski definition) is 3. The molecule has 3 aromatic carbocycles. The minimum absolute atomic E-state index is 0.122. The van der Waals surface area contributed by atoms with Gasteiger partial charge in [-0.1, -0.05) is 30.3 Å². The maximum absolute atomic E-state index is 13.6. The van der Waals surface area contributed by atoms with Crippen molar-refractivity contribution >= 4 is 45.4 Å². The zero-order valence-corrected chi connectivity index (χ0v) is 19.0. The number of aromatic nitrogens is 3. The summed E-state index contributed by atoms with van der Waals surface area (Å²) in [6, 6.07) is 17.8. The molecule has 0 saturated carbocycles. The number of H-pyrrole nitrogens is 1. The Morgan fingerprint density at radius 3 is 2.69 bits per heavy atom. The van der Waals surface area contributed by atoms with Crippen LogP contribution < -0.4 is 10.2 Å². The molecule has 2 aromatic heterocycles. The number of hydrogen-bond donors (Lipinski definition) is 2. The highest BCUT2D eigenvalue weighted by Crippen LogP contribution is 2.37. The van der Waals surface area contributed by atoms with Gasteiger partial charge in [-0.05, 0) is 42.3 Å². The van der Waals surface area contributed by atoms with Gasteiger partial charge in [-0.25, -0.2) is 13.8 Å². The molecule has 180 valence electrons. The van der Waals surface area contributed by atoms with Crippen LogP contribution in [0.3, 0.4) is 0 Å². The number of para-hydroxylation sites is 3. The van der Waals surface area contributed by atoms with E-state index in [0.29, 0.717) is 18.9 Å². The standard InChI is InChI=1S/C27H21F2N5O2/c28-19-10-9-17(13-20(19)29)31-25(35)14-24-26(36)33(27-32-22-7-3-4-8-23(22)34(24)27)12-11-16-15-30-21-6-2-1-5-18(16)21/h1-10,13,15,24,30H,11-12,14H2,(H,31,35)/t24-/m0/s1. The summed E-state index contributed by atoms with van der Waals surface area (Å²) < 4.78 is 28.6. The van der Waals surface area contributed by atoms with Crippen molar-refractivity contribution in [2.75, 3.05) is 16.8 Å². The molecule has 0 fully saturated rings. The summed E-state index contributed by atoms with van der Waals surface area (Å²) in [7, 11) is 0. The molecule has 0 unspecified atom stereocenters. The van der Waals surface area contributed by atoms with Gasteiger partial charge < -0.3 is 10.3 Å². The summed E-state index contributed by atoms with van der Waals surface area (Å²) in [6.45, 7) is 0.394. The molecule has 2 amide bonds. The average Bonchev–Trinajstić information content (AvgIpc) is 3.53. The summed E-state index contributed by atoms with van der Waals surface area (Å²) in [6.07, 6.45) is 2.38. The second-order valence-electron chi connectivity index (χ2n) is 8.77. The van der Waals surface area contributed by atoms with E-state index in [2.05, 4.69) is 15.3 Å². The van der Waals surface area contributed by atoms with Crippen LogP contribution in [0.4, 0.5) is 20.4 Å². The molecule has 6 rings (SSSR count). The monoisotopic (exact) mass is 485 g/mol. The molecule has 0 saturated heterocycles. The number of carbonyl (C=O) groups is 2. The van der Waals surface area contributed by atoms with E-state index in [9.17, 15) is 18.4 Å². The first-order valence-corrected chi connectivity index (χ1v) is 11.6. The fraction of sp³-hybridized carbons (Fsp3) is 0.148. The van der Waals surface area contributed by atoms with Gasteiger partial charge in [0.05, 0.1) is 17.5 Å². The van der Waals surface area contributed by atoms with E-state index in [0.717, 1.165) is 39.6 Å². The lowest BCUT2D eigenvalue weighted by Crippen LogP contribution is -2.33. The molecule has 0 radical (unpaired) electrons. The van der Waals surface area contributed by atoms with Gasteiger partial charge in [-0.2, -0.15) is 0 Å². The van der Waals surface area contributed by atoms with Crippen LogP contribution in [0.2, 0.25) is 0 Å². The number of carbonyl (C=O) groups excluding carboxylic acids is 2. The molecule has 9 heteroatoms. The Labute approximate surface area is 204 Å². The summed E-state index contributed by atoms with van der Waals surface area (Å²) in [5, 5.41) is 3.66. The Morgan fingerprint density at radius 1 is 1.03 bits per heavy atom. The molecule has 5 aromatic rings. The summed E-state index contributed by atoms with van der Waals surface area (Å²) >= 11 is 0. The van der Waals surface area contributed by atoms with Crippen molar-refractivity contribution in [2.24, 2.45) is 0 Å². The van der Waals surface area contributed by atoms with Crippen molar-refractivity contribution in [2.45, 2.75) is 18.9 Å². The van der Waals surface area contributed by atoms with E-state index >= 15 is 0 Å². The van der Waals surface area contributed by atoms with Gasteiger partial charge in [0.15, 0.2) is 11.6 Å². The molecular weight excluding hydrogens is 464 g/mol. The fourth-order valence-electron chi connectivity index (χ4n) is 4.84. The maximum Gasteiger partial charge on any atom is 0.253 e. The number of imidazole rings is 1. The fourth-order valence-corrected chi connectivity index (χ4v) is 4.84.